The zero-order valence-corrected chi connectivity index (χ0v) is 18.3. The molecule has 6 heteroatoms. The van der Waals surface area contributed by atoms with E-state index in [-0.39, 0.29) is 24.8 Å². The van der Waals surface area contributed by atoms with Crippen LogP contribution in [-0.2, 0) is 22.6 Å². The zero-order chi connectivity index (χ0) is 22.5. The Hall–Kier alpha value is -3.80. The van der Waals surface area contributed by atoms with Crippen molar-refractivity contribution in [3.63, 3.8) is 0 Å². The van der Waals surface area contributed by atoms with Gasteiger partial charge in [-0.2, -0.15) is 0 Å². The van der Waals surface area contributed by atoms with Gasteiger partial charge in [0.25, 0.3) is 5.91 Å². The van der Waals surface area contributed by atoms with E-state index in [4.69, 9.17) is 9.47 Å². The van der Waals surface area contributed by atoms with E-state index in [0.29, 0.717) is 30.3 Å². The normalized spacial score (nSPS) is 12.7. The van der Waals surface area contributed by atoms with E-state index in [1.165, 1.54) is 0 Å². The first kappa shape index (κ1) is 21.4. The second kappa shape index (κ2) is 9.56. The Morgan fingerprint density at radius 2 is 1.88 bits per heavy atom. The SMILES string of the molecule is CCOc1ccc(CC(=O)Nc2ccc3c(c2)N(Cc2ccccc2C)C(=O)CO3)cc1. The fraction of sp³-hybridized carbons (Fsp3) is 0.231. The van der Waals surface area contributed by atoms with Crippen LogP contribution in [0.15, 0.2) is 66.7 Å². The van der Waals surface area contributed by atoms with Gasteiger partial charge in [0.2, 0.25) is 5.91 Å². The molecule has 32 heavy (non-hydrogen) atoms. The molecule has 0 spiro atoms. The summed E-state index contributed by atoms with van der Waals surface area (Å²) in [6.45, 7) is 5.01. The van der Waals surface area contributed by atoms with E-state index in [9.17, 15) is 9.59 Å². The highest BCUT2D eigenvalue weighted by atomic mass is 16.5. The van der Waals surface area contributed by atoms with Gasteiger partial charge in [-0.15, -0.1) is 0 Å². The number of benzene rings is 3. The molecular formula is C26H26N2O4. The molecule has 1 heterocycles. The highest BCUT2D eigenvalue weighted by Crippen LogP contribution is 2.35. The van der Waals surface area contributed by atoms with E-state index in [1.807, 2.05) is 62.4 Å². The van der Waals surface area contributed by atoms with Crippen LogP contribution in [-0.4, -0.2) is 25.0 Å². The van der Waals surface area contributed by atoms with E-state index in [2.05, 4.69) is 5.32 Å². The summed E-state index contributed by atoms with van der Waals surface area (Å²) >= 11 is 0. The number of nitrogens with zero attached hydrogens (tertiary/aromatic N) is 1. The maximum absolute atomic E-state index is 12.6. The fourth-order valence-corrected chi connectivity index (χ4v) is 3.67. The van der Waals surface area contributed by atoms with Crippen LogP contribution >= 0.6 is 0 Å². The maximum atomic E-state index is 12.6. The van der Waals surface area contributed by atoms with Gasteiger partial charge in [-0.25, -0.2) is 0 Å². The summed E-state index contributed by atoms with van der Waals surface area (Å²) in [6, 6.07) is 20.8. The smallest absolute Gasteiger partial charge is 0.265 e. The number of hydrogen-bond donors (Lipinski definition) is 1. The lowest BCUT2D eigenvalue weighted by Gasteiger charge is -2.30. The maximum Gasteiger partial charge on any atom is 0.265 e. The van der Waals surface area contributed by atoms with Gasteiger partial charge in [0.15, 0.2) is 6.61 Å². The van der Waals surface area contributed by atoms with Gasteiger partial charge < -0.3 is 19.7 Å². The number of anilines is 2. The molecule has 0 atom stereocenters. The van der Waals surface area contributed by atoms with Crippen LogP contribution in [0.2, 0.25) is 0 Å². The highest BCUT2D eigenvalue weighted by molar-refractivity contribution is 5.99. The topological polar surface area (TPSA) is 67.9 Å². The van der Waals surface area contributed by atoms with Crippen molar-refractivity contribution in [3.05, 3.63) is 83.4 Å². The third kappa shape index (κ3) is 4.91. The number of aryl methyl sites for hydroxylation is 1. The standard InChI is InChI=1S/C26H26N2O4/c1-3-31-22-11-8-19(9-12-22)14-25(29)27-21-10-13-24-23(15-21)28(26(30)17-32-24)16-20-7-5-4-6-18(20)2/h4-13,15H,3,14,16-17H2,1-2H3,(H,27,29). The Balaban J connectivity index is 1.49. The fourth-order valence-electron chi connectivity index (χ4n) is 3.67. The Bertz CT molecular complexity index is 1120. The molecule has 164 valence electrons. The van der Waals surface area contributed by atoms with Crippen LogP contribution in [0.25, 0.3) is 0 Å². The molecule has 6 nitrogen and oxygen atoms in total. The first-order chi connectivity index (χ1) is 15.5. The molecule has 2 amide bonds. The summed E-state index contributed by atoms with van der Waals surface area (Å²) in [5.41, 5.74) is 4.35. The van der Waals surface area contributed by atoms with Gasteiger partial charge >= 0.3 is 0 Å². The van der Waals surface area contributed by atoms with E-state index in [1.54, 1.807) is 23.1 Å². The van der Waals surface area contributed by atoms with Crippen LogP contribution in [0.5, 0.6) is 11.5 Å². The molecule has 3 aromatic carbocycles. The molecule has 0 saturated heterocycles. The number of fused-ring (bicyclic) bond motifs is 1. The summed E-state index contributed by atoms with van der Waals surface area (Å²) in [4.78, 5) is 26.9. The lowest BCUT2D eigenvalue weighted by Crippen LogP contribution is -2.38. The van der Waals surface area contributed by atoms with Gasteiger partial charge in [0, 0.05) is 5.69 Å². The third-order valence-corrected chi connectivity index (χ3v) is 5.37. The molecule has 0 radical (unpaired) electrons. The van der Waals surface area contributed by atoms with E-state index < -0.39 is 0 Å². The van der Waals surface area contributed by atoms with Crippen LogP contribution in [0, 0.1) is 6.92 Å². The predicted molar refractivity (Wildman–Crippen MR) is 124 cm³/mol. The summed E-state index contributed by atoms with van der Waals surface area (Å²) in [6.07, 6.45) is 0.242. The Morgan fingerprint density at radius 3 is 2.62 bits per heavy atom. The van der Waals surface area contributed by atoms with Crippen LogP contribution in [0.1, 0.15) is 23.6 Å². The number of nitrogens with one attached hydrogen (secondary N) is 1. The predicted octanol–water partition coefficient (Wildman–Crippen LogP) is 4.50. The van der Waals surface area contributed by atoms with Gasteiger partial charge in [0.1, 0.15) is 11.5 Å². The highest BCUT2D eigenvalue weighted by Gasteiger charge is 2.26. The lowest BCUT2D eigenvalue weighted by molar-refractivity contribution is -0.121. The Labute approximate surface area is 187 Å². The number of carbonyl (C=O) groups is 2. The van der Waals surface area contributed by atoms with Crippen molar-refractivity contribution < 1.29 is 19.1 Å². The number of rotatable bonds is 7. The zero-order valence-electron chi connectivity index (χ0n) is 18.3. The first-order valence-corrected chi connectivity index (χ1v) is 10.7. The molecule has 1 aliphatic rings. The summed E-state index contributed by atoms with van der Waals surface area (Å²) in [5.74, 6) is 1.16. The van der Waals surface area contributed by atoms with Gasteiger partial charge in [-0.05, 0) is 60.9 Å². The molecule has 0 saturated carbocycles. The van der Waals surface area contributed by atoms with Crippen LogP contribution in [0.4, 0.5) is 11.4 Å². The quantitative estimate of drug-likeness (QED) is 0.599. The molecule has 1 aliphatic heterocycles. The third-order valence-electron chi connectivity index (χ3n) is 5.37. The summed E-state index contributed by atoms with van der Waals surface area (Å²) in [5, 5.41) is 2.93. The lowest BCUT2D eigenvalue weighted by atomic mass is 10.1. The second-order valence-electron chi connectivity index (χ2n) is 7.68. The van der Waals surface area contributed by atoms with Crippen molar-refractivity contribution in [3.8, 4) is 11.5 Å². The van der Waals surface area contributed by atoms with Gasteiger partial charge in [0.05, 0.1) is 25.3 Å². The molecule has 0 unspecified atom stereocenters. The monoisotopic (exact) mass is 430 g/mol. The minimum absolute atomic E-state index is 0.00231. The van der Waals surface area contributed by atoms with E-state index in [0.717, 1.165) is 22.4 Å². The minimum Gasteiger partial charge on any atom is -0.494 e. The number of amides is 2. The van der Waals surface area contributed by atoms with Crippen molar-refractivity contribution in [1.82, 2.24) is 0 Å². The largest absolute Gasteiger partial charge is 0.494 e. The summed E-state index contributed by atoms with van der Waals surface area (Å²) in [7, 11) is 0. The van der Waals surface area contributed by atoms with E-state index >= 15 is 0 Å². The molecule has 0 aliphatic carbocycles. The molecule has 0 bridgehead atoms. The van der Waals surface area contributed by atoms with Crippen molar-refractivity contribution in [2.45, 2.75) is 26.8 Å². The molecule has 0 aromatic heterocycles. The number of ether oxygens (including phenoxy) is 2. The Kier molecular flexibility index (Phi) is 6.40. The molecule has 1 N–H and O–H groups in total. The van der Waals surface area contributed by atoms with Crippen molar-refractivity contribution in [1.29, 1.82) is 0 Å². The second-order valence-corrected chi connectivity index (χ2v) is 7.68. The molecule has 3 aromatic rings. The average Bonchev–Trinajstić information content (AvgIpc) is 2.78. The first-order valence-electron chi connectivity index (χ1n) is 10.7. The van der Waals surface area contributed by atoms with Crippen LogP contribution in [0.3, 0.4) is 0 Å². The van der Waals surface area contributed by atoms with Gasteiger partial charge in [-0.1, -0.05) is 36.4 Å². The molecule has 4 rings (SSSR count). The van der Waals surface area contributed by atoms with Crippen molar-refractivity contribution in [2.24, 2.45) is 0 Å². The number of carbonyl (C=O) groups excluding carboxylic acids is 2. The minimum atomic E-state index is -0.136. The average molecular weight is 431 g/mol. The molecular weight excluding hydrogens is 404 g/mol. The Morgan fingerprint density at radius 1 is 1.09 bits per heavy atom. The van der Waals surface area contributed by atoms with Gasteiger partial charge in [-0.3, -0.25) is 9.59 Å². The summed E-state index contributed by atoms with van der Waals surface area (Å²) < 4.78 is 11.0. The molecule has 0 fully saturated rings. The van der Waals surface area contributed by atoms with Crippen molar-refractivity contribution in [2.75, 3.05) is 23.4 Å². The van der Waals surface area contributed by atoms with Crippen molar-refractivity contribution >= 4 is 23.2 Å². The van der Waals surface area contributed by atoms with Crippen LogP contribution < -0.4 is 19.7 Å². The number of hydrogen-bond acceptors (Lipinski definition) is 4.